The first-order chi connectivity index (χ1) is 15.3. The minimum atomic E-state index is -0.776. The summed E-state index contributed by atoms with van der Waals surface area (Å²) in [5.74, 6) is -1.80. The smallest absolute Gasteiger partial charge is 0.338 e. The van der Waals surface area contributed by atoms with Crippen LogP contribution in [-0.2, 0) is 9.53 Å². The van der Waals surface area contributed by atoms with Gasteiger partial charge in [0.25, 0.3) is 11.8 Å². The van der Waals surface area contributed by atoms with Crippen molar-refractivity contribution in [3.8, 4) is 0 Å². The molecule has 164 valence electrons. The third-order valence-electron chi connectivity index (χ3n) is 4.48. The molecule has 3 aromatic rings. The van der Waals surface area contributed by atoms with Crippen molar-refractivity contribution in [2.75, 3.05) is 17.2 Å². The summed E-state index contributed by atoms with van der Waals surface area (Å²) in [5.41, 5.74) is 3.23. The van der Waals surface area contributed by atoms with E-state index in [-0.39, 0.29) is 11.3 Å². The van der Waals surface area contributed by atoms with Crippen LogP contribution in [0.3, 0.4) is 0 Å². The Morgan fingerprint density at radius 1 is 0.875 bits per heavy atom. The Morgan fingerprint density at radius 3 is 2.25 bits per heavy atom. The van der Waals surface area contributed by atoms with Crippen LogP contribution in [0.4, 0.5) is 16.2 Å². The Morgan fingerprint density at radius 2 is 1.59 bits per heavy atom. The van der Waals surface area contributed by atoms with Crippen LogP contribution in [0.15, 0.2) is 65.3 Å². The predicted molar refractivity (Wildman–Crippen MR) is 116 cm³/mol. The largest absolute Gasteiger partial charge is 0.459 e. The zero-order chi connectivity index (χ0) is 23.1. The van der Waals surface area contributed by atoms with E-state index in [0.29, 0.717) is 11.4 Å². The van der Waals surface area contributed by atoms with Gasteiger partial charge in [-0.15, -0.1) is 0 Å². The summed E-state index contributed by atoms with van der Waals surface area (Å²) in [5, 5.41) is 7.25. The minimum Gasteiger partial charge on any atom is -0.459 e. The number of benzene rings is 2. The maximum atomic E-state index is 12.1. The molecule has 9 nitrogen and oxygen atoms in total. The van der Waals surface area contributed by atoms with E-state index in [0.717, 1.165) is 11.1 Å². The van der Waals surface area contributed by atoms with Crippen LogP contribution in [-0.4, -0.2) is 30.4 Å². The van der Waals surface area contributed by atoms with E-state index in [1.165, 1.54) is 36.6 Å². The lowest BCUT2D eigenvalue weighted by molar-refractivity contribution is -0.123. The fraction of sp³-hybridized carbons (Fsp3) is 0.130. The summed E-state index contributed by atoms with van der Waals surface area (Å²) >= 11 is 0. The number of furan rings is 1. The third kappa shape index (κ3) is 6.05. The van der Waals surface area contributed by atoms with E-state index in [1.807, 2.05) is 19.9 Å². The molecule has 0 aliphatic rings. The number of anilines is 2. The van der Waals surface area contributed by atoms with Crippen LogP contribution in [0.5, 0.6) is 0 Å². The molecule has 0 saturated carbocycles. The molecule has 0 unspecified atom stereocenters. The SMILES string of the molecule is Cc1ccc(NC(=O)NC(=O)COC(=O)c2ccc(NC(=O)c3ccco3)cc2)cc1C. The van der Waals surface area contributed by atoms with E-state index >= 15 is 0 Å². The zero-order valence-corrected chi connectivity index (χ0v) is 17.4. The van der Waals surface area contributed by atoms with Gasteiger partial charge in [0, 0.05) is 11.4 Å². The first-order valence-electron chi connectivity index (χ1n) is 9.62. The molecule has 0 bridgehead atoms. The van der Waals surface area contributed by atoms with Gasteiger partial charge in [0.1, 0.15) is 0 Å². The number of amides is 4. The van der Waals surface area contributed by atoms with Gasteiger partial charge in [-0.2, -0.15) is 0 Å². The number of aryl methyl sites for hydroxylation is 2. The predicted octanol–water partition coefficient (Wildman–Crippen LogP) is 3.65. The lowest BCUT2D eigenvalue weighted by atomic mass is 10.1. The fourth-order valence-electron chi connectivity index (χ4n) is 2.65. The van der Waals surface area contributed by atoms with Gasteiger partial charge in [-0.25, -0.2) is 9.59 Å². The number of nitrogens with one attached hydrogen (secondary N) is 3. The normalized spacial score (nSPS) is 10.2. The van der Waals surface area contributed by atoms with Crippen LogP contribution in [0.2, 0.25) is 0 Å². The van der Waals surface area contributed by atoms with E-state index in [2.05, 4.69) is 16.0 Å². The number of imide groups is 1. The number of carbonyl (C=O) groups is 4. The van der Waals surface area contributed by atoms with Crippen molar-refractivity contribution in [2.45, 2.75) is 13.8 Å². The molecule has 0 atom stereocenters. The van der Waals surface area contributed by atoms with Crippen LogP contribution < -0.4 is 16.0 Å². The van der Waals surface area contributed by atoms with Crippen molar-refractivity contribution in [2.24, 2.45) is 0 Å². The lowest BCUT2D eigenvalue weighted by Gasteiger charge is -2.09. The van der Waals surface area contributed by atoms with Gasteiger partial charge < -0.3 is 19.8 Å². The molecule has 1 aromatic heterocycles. The Hall–Kier alpha value is -4.40. The average molecular weight is 435 g/mol. The number of rotatable bonds is 6. The number of urea groups is 1. The first kappa shape index (κ1) is 22.3. The molecule has 3 rings (SSSR count). The summed E-state index contributed by atoms with van der Waals surface area (Å²) in [6, 6.07) is 13.6. The van der Waals surface area contributed by atoms with Gasteiger partial charge in [-0.3, -0.25) is 14.9 Å². The lowest BCUT2D eigenvalue weighted by Crippen LogP contribution is -2.37. The molecule has 0 aliphatic heterocycles. The Balaban J connectivity index is 1.45. The third-order valence-corrected chi connectivity index (χ3v) is 4.48. The molecule has 0 fully saturated rings. The first-order valence-corrected chi connectivity index (χ1v) is 9.62. The fourth-order valence-corrected chi connectivity index (χ4v) is 2.65. The van der Waals surface area contributed by atoms with Gasteiger partial charge >= 0.3 is 12.0 Å². The Bertz CT molecular complexity index is 1140. The molecular formula is C23H21N3O6. The van der Waals surface area contributed by atoms with E-state index in [4.69, 9.17) is 9.15 Å². The number of ether oxygens (including phenoxy) is 1. The maximum Gasteiger partial charge on any atom is 0.338 e. The standard InChI is InChI=1S/C23H21N3O6/c1-14-5-8-18(12-15(14)2)25-23(30)26-20(27)13-32-22(29)16-6-9-17(10-7-16)24-21(28)19-4-3-11-31-19/h3-12H,13H2,1-2H3,(H,24,28)(H2,25,26,27,30). The molecule has 0 spiro atoms. The highest BCUT2D eigenvalue weighted by atomic mass is 16.5. The maximum absolute atomic E-state index is 12.1. The van der Waals surface area contributed by atoms with Crippen LogP contribution in [0, 0.1) is 13.8 Å². The van der Waals surface area contributed by atoms with Crippen molar-refractivity contribution < 1.29 is 28.3 Å². The van der Waals surface area contributed by atoms with E-state index < -0.39 is 30.4 Å². The summed E-state index contributed by atoms with van der Waals surface area (Å²) in [4.78, 5) is 47.8. The number of esters is 1. The number of hydrogen-bond acceptors (Lipinski definition) is 6. The number of hydrogen-bond donors (Lipinski definition) is 3. The van der Waals surface area contributed by atoms with Crippen molar-refractivity contribution in [3.63, 3.8) is 0 Å². The molecule has 0 saturated heterocycles. The van der Waals surface area contributed by atoms with Gasteiger partial charge in [0.2, 0.25) is 0 Å². The summed E-state index contributed by atoms with van der Waals surface area (Å²) < 4.78 is 9.92. The number of carbonyl (C=O) groups excluding carboxylic acids is 4. The second-order valence-corrected chi connectivity index (χ2v) is 6.89. The van der Waals surface area contributed by atoms with Gasteiger partial charge in [0.05, 0.1) is 11.8 Å². The quantitative estimate of drug-likeness (QED) is 0.507. The van der Waals surface area contributed by atoms with E-state index in [9.17, 15) is 19.2 Å². The molecule has 9 heteroatoms. The molecule has 4 amide bonds. The van der Waals surface area contributed by atoms with Crippen molar-refractivity contribution in [3.05, 3.63) is 83.3 Å². The second kappa shape index (κ2) is 10.1. The molecule has 1 heterocycles. The average Bonchev–Trinajstić information content (AvgIpc) is 3.30. The highest BCUT2D eigenvalue weighted by molar-refractivity contribution is 6.03. The Labute approximate surface area is 183 Å². The van der Waals surface area contributed by atoms with Crippen LogP contribution >= 0.6 is 0 Å². The summed E-state index contributed by atoms with van der Waals surface area (Å²) in [7, 11) is 0. The molecule has 3 N–H and O–H groups in total. The van der Waals surface area contributed by atoms with Gasteiger partial charge in [-0.05, 0) is 73.5 Å². The topological polar surface area (TPSA) is 127 Å². The van der Waals surface area contributed by atoms with Gasteiger partial charge in [-0.1, -0.05) is 6.07 Å². The second-order valence-electron chi connectivity index (χ2n) is 6.89. The summed E-state index contributed by atoms with van der Waals surface area (Å²) in [6.07, 6.45) is 1.39. The van der Waals surface area contributed by atoms with Crippen LogP contribution in [0.1, 0.15) is 32.0 Å². The van der Waals surface area contributed by atoms with Crippen molar-refractivity contribution >= 4 is 35.2 Å². The van der Waals surface area contributed by atoms with Crippen molar-refractivity contribution in [1.82, 2.24) is 5.32 Å². The highest BCUT2D eigenvalue weighted by Gasteiger charge is 2.14. The van der Waals surface area contributed by atoms with Crippen LogP contribution in [0.25, 0.3) is 0 Å². The molecule has 32 heavy (non-hydrogen) atoms. The van der Waals surface area contributed by atoms with Crippen molar-refractivity contribution in [1.29, 1.82) is 0 Å². The minimum absolute atomic E-state index is 0.154. The van der Waals surface area contributed by atoms with E-state index in [1.54, 1.807) is 18.2 Å². The molecule has 0 radical (unpaired) electrons. The molecule has 0 aliphatic carbocycles. The summed E-state index contributed by atoms with van der Waals surface area (Å²) in [6.45, 7) is 3.22. The van der Waals surface area contributed by atoms with Gasteiger partial charge in [0.15, 0.2) is 12.4 Å². The molecular weight excluding hydrogens is 414 g/mol. The monoisotopic (exact) mass is 435 g/mol. The zero-order valence-electron chi connectivity index (χ0n) is 17.4. The molecule has 2 aromatic carbocycles. The highest BCUT2D eigenvalue weighted by Crippen LogP contribution is 2.14. The Kier molecular flexibility index (Phi) is 7.02.